The van der Waals surface area contributed by atoms with Crippen molar-refractivity contribution >= 4 is 71.5 Å². The Kier molecular flexibility index (Phi) is 7.03. The maximum Gasteiger partial charge on any atom is 0.159 e. The van der Waals surface area contributed by atoms with Gasteiger partial charge in [-0.3, -0.25) is 4.99 Å². The van der Waals surface area contributed by atoms with E-state index >= 15 is 0 Å². The van der Waals surface area contributed by atoms with Crippen LogP contribution in [0.5, 0.6) is 0 Å². The van der Waals surface area contributed by atoms with Crippen molar-refractivity contribution in [3.8, 4) is 16.8 Å². The minimum absolute atomic E-state index is 0.310. The summed E-state index contributed by atoms with van der Waals surface area (Å²) in [5.41, 5.74) is 12.0. The molecule has 0 spiro atoms. The Hall–Kier alpha value is -7.41. The lowest BCUT2D eigenvalue weighted by molar-refractivity contribution is 0.627. The van der Waals surface area contributed by atoms with Gasteiger partial charge in [-0.05, 0) is 77.0 Å². The maximum absolute atomic E-state index is 6.79. The first-order valence-electron chi connectivity index (χ1n) is 19.3. The first-order valence-corrected chi connectivity index (χ1v) is 19.3. The molecule has 0 aliphatic carbocycles. The molecule has 1 aliphatic heterocycles. The molecule has 0 radical (unpaired) electrons. The summed E-state index contributed by atoms with van der Waals surface area (Å²) in [5, 5.41) is 15.5. The minimum atomic E-state index is -0.332. The second kappa shape index (κ2) is 12.6. The van der Waals surface area contributed by atoms with Crippen LogP contribution in [0.25, 0.3) is 87.8 Å². The van der Waals surface area contributed by atoms with Gasteiger partial charge >= 0.3 is 0 Å². The monoisotopic (exact) mass is 733 g/mol. The lowest BCUT2D eigenvalue weighted by Gasteiger charge is -2.43. The molecule has 0 amide bonds. The number of fused-ring (bicyclic) bond motifs is 9. The number of nitrogens with one attached hydrogen (secondary N) is 1. The average Bonchev–Trinajstić information content (AvgIpc) is 3.96. The van der Waals surface area contributed by atoms with E-state index in [-0.39, 0.29) is 12.3 Å². The van der Waals surface area contributed by atoms with Crippen LogP contribution in [0.2, 0.25) is 0 Å². The number of para-hydroxylation sites is 3. The molecule has 1 aliphatic rings. The molecular formula is C51H33N4O2-. The van der Waals surface area contributed by atoms with Gasteiger partial charge in [0.2, 0.25) is 0 Å². The van der Waals surface area contributed by atoms with Crippen LogP contribution in [0.4, 0.5) is 0 Å². The zero-order valence-corrected chi connectivity index (χ0v) is 30.6. The first-order chi connectivity index (χ1) is 28.2. The summed E-state index contributed by atoms with van der Waals surface area (Å²) in [6.45, 7) is 0. The molecular weight excluding hydrogens is 701 g/mol. The van der Waals surface area contributed by atoms with Crippen molar-refractivity contribution in [3.05, 3.63) is 204 Å². The SMILES string of the molecule is c1ccc(C2=NC(c3ccccc3)[N-]C(c3ccc4c(c3)oc3ccc(-c5cccc6oc7c(-n8c9ccccc9c9ccccc98)cccc7c56)cc34)N2)cc1. The van der Waals surface area contributed by atoms with E-state index in [2.05, 4.69) is 155 Å². The number of hydrogen-bond donors (Lipinski definition) is 1. The average molecular weight is 734 g/mol. The zero-order valence-electron chi connectivity index (χ0n) is 30.6. The lowest BCUT2D eigenvalue weighted by Crippen LogP contribution is -2.33. The molecule has 0 saturated carbocycles. The molecule has 0 bridgehead atoms. The van der Waals surface area contributed by atoms with Crippen LogP contribution in [0, 0.1) is 0 Å². The third-order valence-electron chi connectivity index (χ3n) is 11.4. The Morgan fingerprint density at radius 3 is 2.02 bits per heavy atom. The molecule has 8 aromatic carbocycles. The Labute approximate surface area is 327 Å². The van der Waals surface area contributed by atoms with Gasteiger partial charge in [-0.2, -0.15) is 0 Å². The fraction of sp³-hybridized carbons (Fsp3) is 0.0392. The first kappa shape index (κ1) is 31.9. The number of aromatic nitrogens is 1. The highest BCUT2D eigenvalue weighted by Crippen LogP contribution is 2.43. The highest BCUT2D eigenvalue weighted by atomic mass is 16.3. The van der Waals surface area contributed by atoms with Crippen LogP contribution < -0.4 is 5.32 Å². The van der Waals surface area contributed by atoms with Gasteiger partial charge in [-0.1, -0.05) is 140 Å². The molecule has 0 saturated heterocycles. The third-order valence-corrected chi connectivity index (χ3v) is 11.4. The zero-order chi connectivity index (χ0) is 37.5. The van der Waals surface area contributed by atoms with Crippen molar-refractivity contribution in [2.75, 3.05) is 0 Å². The number of rotatable bonds is 5. The van der Waals surface area contributed by atoms with Crippen LogP contribution >= 0.6 is 0 Å². The maximum atomic E-state index is 6.79. The Morgan fingerprint density at radius 2 is 1.21 bits per heavy atom. The standard InChI is InChI=1S/C51H33N4O2/c1-3-13-31(14-4-1)49-52-50(32-15-5-2-6-16-32)54-51(53-49)34-25-27-38-40-29-33(26-28-44(40)56-46(38)30-34)35-19-12-24-45-47(35)39-20-11-23-43(48(39)57-45)55-41-21-9-7-17-36(41)37-18-8-10-22-42(37)55/h1-30,49,51H,(H,52,54)/q-1. The summed E-state index contributed by atoms with van der Waals surface area (Å²) in [6, 6.07) is 63.4. The summed E-state index contributed by atoms with van der Waals surface area (Å²) in [5.74, 6) is 0.821. The Morgan fingerprint density at radius 1 is 0.491 bits per heavy atom. The second-order valence-electron chi connectivity index (χ2n) is 14.7. The van der Waals surface area contributed by atoms with Gasteiger partial charge in [-0.25, -0.2) is 0 Å². The molecule has 2 unspecified atom stereocenters. The van der Waals surface area contributed by atoms with Gasteiger partial charge in [0.05, 0.1) is 16.7 Å². The fourth-order valence-electron chi connectivity index (χ4n) is 8.77. The van der Waals surface area contributed by atoms with Gasteiger partial charge in [-0.15, -0.1) is 0 Å². The van der Waals surface area contributed by atoms with Gasteiger partial charge in [0, 0.05) is 37.9 Å². The Balaban J connectivity index is 0.954. The molecule has 1 N–H and O–H groups in total. The number of furan rings is 2. The fourth-order valence-corrected chi connectivity index (χ4v) is 8.77. The van der Waals surface area contributed by atoms with Gasteiger partial charge in [0.15, 0.2) is 5.58 Å². The van der Waals surface area contributed by atoms with Crippen molar-refractivity contribution < 1.29 is 8.83 Å². The molecule has 12 rings (SSSR count). The molecule has 2 atom stereocenters. The van der Waals surface area contributed by atoms with E-state index in [1.54, 1.807) is 0 Å². The van der Waals surface area contributed by atoms with Crippen LogP contribution in [0.3, 0.4) is 0 Å². The second-order valence-corrected chi connectivity index (χ2v) is 14.7. The third kappa shape index (κ3) is 5.04. The number of hydrogen-bond acceptors (Lipinski definition) is 4. The molecule has 6 nitrogen and oxygen atoms in total. The van der Waals surface area contributed by atoms with Crippen LogP contribution in [0.1, 0.15) is 29.0 Å². The number of benzene rings is 8. The smallest absolute Gasteiger partial charge is 0.159 e. The van der Waals surface area contributed by atoms with Gasteiger partial charge in [0.25, 0.3) is 0 Å². The molecule has 6 heteroatoms. The highest BCUT2D eigenvalue weighted by molar-refractivity contribution is 6.17. The molecule has 3 aromatic heterocycles. The van der Waals surface area contributed by atoms with E-state index < -0.39 is 0 Å². The van der Waals surface area contributed by atoms with E-state index in [0.29, 0.717) is 0 Å². The largest absolute Gasteiger partial charge is 0.613 e. The number of nitrogens with zero attached hydrogens (tertiary/aromatic N) is 3. The van der Waals surface area contributed by atoms with Crippen LogP contribution in [-0.2, 0) is 0 Å². The summed E-state index contributed by atoms with van der Waals surface area (Å²) in [7, 11) is 0. The number of aliphatic imine (C=N–C) groups is 1. The highest BCUT2D eigenvalue weighted by Gasteiger charge is 2.21. The molecule has 0 fully saturated rings. The van der Waals surface area contributed by atoms with Crippen molar-refractivity contribution in [1.82, 2.24) is 9.88 Å². The van der Waals surface area contributed by atoms with E-state index in [9.17, 15) is 0 Å². The predicted molar refractivity (Wildman–Crippen MR) is 232 cm³/mol. The molecule has 57 heavy (non-hydrogen) atoms. The van der Waals surface area contributed by atoms with Crippen molar-refractivity contribution in [1.29, 1.82) is 0 Å². The van der Waals surface area contributed by atoms with Gasteiger partial charge < -0.3 is 24.0 Å². The van der Waals surface area contributed by atoms with E-state index in [1.165, 1.54) is 10.8 Å². The van der Waals surface area contributed by atoms with E-state index in [0.717, 1.165) is 94.3 Å². The van der Waals surface area contributed by atoms with E-state index in [4.69, 9.17) is 19.1 Å². The molecule has 270 valence electrons. The summed E-state index contributed by atoms with van der Waals surface area (Å²) < 4.78 is 15.7. The van der Waals surface area contributed by atoms with Crippen LogP contribution in [0.15, 0.2) is 196 Å². The number of amidine groups is 1. The summed E-state index contributed by atoms with van der Waals surface area (Å²) >= 11 is 0. The minimum Gasteiger partial charge on any atom is -0.613 e. The topological polar surface area (TPSA) is 69.7 Å². The van der Waals surface area contributed by atoms with Crippen molar-refractivity contribution in [2.24, 2.45) is 4.99 Å². The van der Waals surface area contributed by atoms with Crippen LogP contribution in [-0.4, -0.2) is 10.4 Å². The normalized spacial score (nSPS) is 15.9. The van der Waals surface area contributed by atoms with Crippen molar-refractivity contribution in [3.63, 3.8) is 0 Å². The predicted octanol–water partition coefficient (Wildman–Crippen LogP) is 13.4. The summed E-state index contributed by atoms with van der Waals surface area (Å²) in [6.07, 6.45) is -0.642. The van der Waals surface area contributed by atoms with Gasteiger partial charge in [0.1, 0.15) is 22.6 Å². The molecule has 4 heterocycles. The lowest BCUT2D eigenvalue weighted by atomic mass is 9.97. The van der Waals surface area contributed by atoms with Crippen molar-refractivity contribution in [2.45, 2.75) is 12.3 Å². The Bertz CT molecular complexity index is 3320. The van der Waals surface area contributed by atoms with E-state index in [1.807, 2.05) is 36.4 Å². The summed E-state index contributed by atoms with van der Waals surface area (Å²) in [4.78, 5) is 5.02. The quantitative estimate of drug-likeness (QED) is 0.191. The molecule has 11 aromatic rings.